The number of amides is 2. The number of nitrogens with one attached hydrogen (secondary N) is 2. The molecule has 1 fully saturated rings. The molecule has 114 valence electrons. The molecule has 0 saturated heterocycles. The van der Waals surface area contributed by atoms with Crippen molar-refractivity contribution < 1.29 is 9.90 Å². The maximum atomic E-state index is 12.1. The average molecular weight is 309 g/mol. The summed E-state index contributed by atoms with van der Waals surface area (Å²) < 4.78 is 0. The van der Waals surface area contributed by atoms with Gasteiger partial charge in [-0.1, -0.05) is 17.7 Å². The number of benzene rings is 1. The van der Waals surface area contributed by atoms with E-state index < -0.39 is 0 Å². The Labute approximate surface area is 129 Å². The fourth-order valence-corrected chi connectivity index (χ4v) is 3.54. The van der Waals surface area contributed by atoms with Gasteiger partial charge in [0.15, 0.2) is 0 Å². The van der Waals surface area contributed by atoms with E-state index in [1.54, 1.807) is 0 Å². The number of halogens is 1. The van der Waals surface area contributed by atoms with E-state index in [1.807, 2.05) is 18.2 Å². The molecule has 0 spiro atoms. The maximum Gasteiger partial charge on any atom is 0.315 e. The van der Waals surface area contributed by atoms with E-state index in [0.717, 1.165) is 43.5 Å². The molecule has 3 rings (SSSR count). The Morgan fingerprint density at radius 2 is 1.90 bits per heavy atom. The number of hydrogen-bond donors (Lipinski definition) is 3. The van der Waals surface area contributed by atoms with Crippen molar-refractivity contribution in [3.8, 4) is 0 Å². The molecule has 0 aliphatic heterocycles. The Balaban J connectivity index is 1.55. The number of aliphatic hydroxyl groups excluding tert-OH is 1. The number of aryl methyl sites for hydroxylation is 1. The third kappa shape index (κ3) is 3.50. The lowest BCUT2D eigenvalue weighted by molar-refractivity contribution is 0.117. The first-order chi connectivity index (χ1) is 10.1. The highest BCUT2D eigenvalue weighted by molar-refractivity contribution is 6.30. The van der Waals surface area contributed by atoms with Crippen LogP contribution in [0, 0.1) is 0 Å². The minimum Gasteiger partial charge on any atom is -0.393 e. The van der Waals surface area contributed by atoms with Gasteiger partial charge in [-0.15, -0.1) is 0 Å². The maximum absolute atomic E-state index is 12.1. The van der Waals surface area contributed by atoms with E-state index in [2.05, 4.69) is 10.6 Å². The second kappa shape index (κ2) is 6.24. The quantitative estimate of drug-likeness (QED) is 0.786. The zero-order chi connectivity index (χ0) is 14.8. The van der Waals surface area contributed by atoms with Gasteiger partial charge in [0.2, 0.25) is 0 Å². The molecule has 0 aromatic heterocycles. The first-order valence-corrected chi connectivity index (χ1v) is 8.03. The van der Waals surface area contributed by atoms with E-state index in [-0.39, 0.29) is 24.2 Å². The number of hydrogen-bond acceptors (Lipinski definition) is 2. The first kappa shape index (κ1) is 14.7. The van der Waals surface area contributed by atoms with Gasteiger partial charge in [0.1, 0.15) is 0 Å². The first-order valence-electron chi connectivity index (χ1n) is 7.65. The van der Waals surface area contributed by atoms with Crippen LogP contribution in [0.4, 0.5) is 4.79 Å². The number of rotatable bonds is 2. The molecule has 1 saturated carbocycles. The number of urea groups is 1. The van der Waals surface area contributed by atoms with Gasteiger partial charge in [-0.05, 0) is 61.8 Å². The van der Waals surface area contributed by atoms with Gasteiger partial charge >= 0.3 is 6.03 Å². The molecular formula is C16H21ClN2O2. The Kier molecular flexibility index (Phi) is 4.36. The molecule has 0 bridgehead atoms. The smallest absolute Gasteiger partial charge is 0.315 e. The Hall–Kier alpha value is -1.26. The van der Waals surface area contributed by atoms with E-state index in [1.165, 1.54) is 11.1 Å². The van der Waals surface area contributed by atoms with Crippen LogP contribution in [0.2, 0.25) is 5.02 Å². The van der Waals surface area contributed by atoms with Crippen molar-refractivity contribution in [3.05, 3.63) is 34.3 Å². The summed E-state index contributed by atoms with van der Waals surface area (Å²) in [6.45, 7) is 0. The predicted octanol–water partition coefficient (Wildman–Crippen LogP) is 2.93. The highest BCUT2D eigenvalue weighted by Gasteiger charge is 2.26. The molecule has 2 aliphatic carbocycles. The zero-order valence-corrected chi connectivity index (χ0v) is 12.7. The summed E-state index contributed by atoms with van der Waals surface area (Å²) in [6, 6.07) is 6.02. The lowest BCUT2D eigenvalue weighted by Gasteiger charge is -2.27. The summed E-state index contributed by atoms with van der Waals surface area (Å²) in [5.41, 5.74) is 2.40. The Bertz CT molecular complexity index is 527. The molecule has 0 heterocycles. The van der Waals surface area contributed by atoms with E-state index in [0.29, 0.717) is 0 Å². The second-order valence-electron chi connectivity index (χ2n) is 6.06. The standard InChI is InChI=1S/C16H21ClN2O2/c17-11-2-7-14-10(9-11)1-8-15(14)19-16(21)18-12-3-5-13(20)6-4-12/h2,7,9,12-13,15,20H,1,3-6,8H2,(H2,18,19,21)/t12?,13?,15-/m1/s1. The number of carbonyl (C=O) groups is 1. The highest BCUT2D eigenvalue weighted by atomic mass is 35.5. The number of carbonyl (C=O) groups excluding carboxylic acids is 1. The molecule has 21 heavy (non-hydrogen) atoms. The third-order valence-electron chi connectivity index (χ3n) is 4.52. The highest BCUT2D eigenvalue weighted by Crippen LogP contribution is 2.32. The summed E-state index contributed by atoms with van der Waals surface area (Å²) in [7, 11) is 0. The summed E-state index contributed by atoms with van der Waals surface area (Å²) in [5, 5.41) is 16.3. The third-order valence-corrected chi connectivity index (χ3v) is 4.76. The fraction of sp³-hybridized carbons (Fsp3) is 0.562. The van der Waals surface area contributed by atoms with E-state index in [9.17, 15) is 9.90 Å². The molecule has 1 aromatic rings. The molecule has 1 atom stereocenters. The zero-order valence-electron chi connectivity index (χ0n) is 11.9. The van der Waals surface area contributed by atoms with Crippen LogP contribution in [0.5, 0.6) is 0 Å². The Morgan fingerprint density at radius 1 is 1.14 bits per heavy atom. The van der Waals surface area contributed by atoms with Crippen LogP contribution in [0.3, 0.4) is 0 Å². The topological polar surface area (TPSA) is 61.4 Å². The molecule has 4 nitrogen and oxygen atoms in total. The number of aliphatic hydroxyl groups is 1. The normalized spacial score (nSPS) is 28.0. The second-order valence-corrected chi connectivity index (χ2v) is 6.49. The van der Waals surface area contributed by atoms with Gasteiger partial charge in [-0.3, -0.25) is 0 Å². The molecule has 5 heteroatoms. The van der Waals surface area contributed by atoms with Crippen LogP contribution >= 0.6 is 11.6 Å². The molecule has 0 radical (unpaired) electrons. The molecule has 2 aliphatic rings. The van der Waals surface area contributed by atoms with Crippen molar-refractivity contribution in [2.75, 3.05) is 0 Å². The van der Waals surface area contributed by atoms with Crippen LogP contribution in [-0.4, -0.2) is 23.3 Å². The predicted molar refractivity (Wildman–Crippen MR) is 82.4 cm³/mol. The summed E-state index contributed by atoms with van der Waals surface area (Å²) in [5.74, 6) is 0. The molecule has 1 aromatic carbocycles. The van der Waals surface area contributed by atoms with E-state index in [4.69, 9.17) is 11.6 Å². The monoisotopic (exact) mass is 308 g/mol. The SMILES string of the molecule is O=C(NC1CCC(O)CC1)N[C@@H]1CCc2cc(Cl)ccc21. The lowest BCUT2D eigenvalue weighted by atomic mass is 9.93. The van der Waals surface area contributed by atoms with E-state index >= 15 is 0 Å². The number of fused-ring (bicyclic) bond motifs is 1. The van der Waals surface area contributed by atoms with Gasteiger partial charge in [0.05, 0.1) is 12.1 Å². The van der Waals surface area contributed by atoms with Crippen LogP contribution in [-0.2, 0) is 6.42 Å². The van der Waals surface area contributed by atoms with Gasteiger partial charge < -0.3 is 15.7 Å². The largest absolute Gasteiger partial charge is 0.393 e. The van der Waals surface area contributed by atoms with Gasteiger partial charge in [-0.25, -0.2) is 4.79 Å². The Morgan fingerprint density at radius 3 is 2.67 bits per heavy atom. The van der Waals surface area contributed by atoms with Crippen molar-refractivity contribution >= 4 is 17.6 Å². The van der Waals surface area contributed by atoms with Gasteiger partial charge in [-0.2, -0.15) is 0 Å². The molecular weight excluding hydrogens is 288 g/mol. The van der Waals surface area contributed by atoms with Crippen LogP contribution in [0.1, 0.15) is 49.3 Å². The van der Waals surface area contributed by atoms with Crippen LogP contribution in [0.15, 0.2) is 18.2 Å². The van der Waals surface area contributed by atoms with Crippen LogP contribution in [0.25, 0.3) is 0 Å². The average Bonchev–Trinajstić information content (AvgIpc) is 2.83. The fourth-order valence-electron chi connectivity index (χ4n) is 3.34. The molecule has 3 N–H and O–H groups in total. The van der Waals surface area contributed by atoms with Gasteiger partial charge in [0, 0.05) is 11.1 Å². The minimum atomic E-state index is -0.197. The summed E-state index contributed by atoms with van der Waals surface area (Å²) in [6.07, 6.45) is 4.93. The van der Waals surface area contributed by atoms with Crippen molar-refractivity contribution in [2.24, 2.45) is 0 Å². The van der Waals surface area contributed by atoms with Crippen LogP contribution < -0.4 is 10.6 Å². The molecule has 0 unspecified atom stereocenters. The van der Waals surface area contributed by atoms with Crippen molar-refractivity contribution in [3.63, 3.8) is 0 Å². The minimum absolute atomic E-state index is 0.0754. The summed E-state index contributed by atoms with van der Waals surface area (Å²) >= 11 is 6.00. The lowest BCUT2D eigenvalue weighted by Crippen LogP contribution is -2.45. The molecule has 2 amide bonds. The van der Waals surface area contributed by atoms with Gasteiger partial charge in [0.25, 0.3) is 0 Å². The van der Waals surface area contributed by atoms with Crippen molar-refractivity contribution in [2.45, 2.75) is 56.7 Å². The summed E-state index contributed by atoms with van der Waals surface area (Å²) in [4.78, 5) is 12.1. The van der Waals surface area contributed by atoms with Crippen molar-refractivity contribution in [1.82, 2.24) is 10.6 Å². The van der Waals surface area contributed by atoms with Crippen molar-refractivity contribution in [1.29, 1.82) is 0 Å².